The summed E-state index contributed by atoms with van der Waals surface area (Å²) >= 11 is 1.64. The molecule has 2 fully saturated rings. The van der Waals surface area contributed by atoms with Gasteiger partial charge in [0.2, 0.25) is 0 Å². The molecule has 3 rings (SSSR count). The van der Waals surface area contributed by atoms with Crippen LogP contribution >= 0.6 is 11.8 Å². The molecule has 1 aromatic rings. The van der Waals surface area contributed by atoms with Crippen molar-refractivity contribution in [2.45, 2.75) is 61.7 Å². The molecule has 2 aliphatic heterocycles. The summed E-state index contributed by atoms with van der Waals surface area (Å²) in [6.45, 7) is 0.576. The fourth-order valence-electron chi connectivity index (χ4n) is 4.19. The Bertz CT molecular complexity index is 607. The van der Waals surface area contributed by atoms with Gasteiger partial charge in [0.1, 0.15) is 5.82 Å². The van der Waals surface area contributed by atoms with Crippen LogP contribution < -0.4 is 10.6 Å². The topological polar surface area (TPSA) is 39.7 Å². The third-order valence-electron chi connectivity index (χ3n) is 5.59. The molecule has 4 nitrogen and oxygen atoms in total. The molecule has 2 N–H and O–H groups in total. The van der Waals surface area contributed by atoms with Gasteiger partial charge in [0.15, 0.2) is 5.96 Å². The van der Waals surface area contributed by atoms with Gasteiger partial charge in [0.05, 0.1) is 0 Å². The minimum absolute atomic E-state index is 0.194. The van der Waals surface area contributed by atoms with Crippen LogP contribution in [0, 0.1) is 5.82 Å². The van der Waals surface area contributed by atoms with Crippen molar-refractivity contribution in [3.05, 3.63) is 29.6 Å². The van der Waals surface area contributed by atoms with E-state index < -0.39 is 0 Å². The van der Waals surface area contributed by atoms with E-state index in [-0.39, 0.29) is 5.82 Å². The second-order valence-electron chi connectivity index (χ2n) is 7.10. The van der Waals surface area contributed by atoms with Crippen molar-refractivity contribution in [1.29, 1.82) is 0 Å². The van der Waals surface area contributed by atoms with Crippen LogP contribution in [0.5, 0.6) is 0 Å². The third-order valence-corrected chi connectivity index (χ3v) is 6.43. The van der Waals surface area contributed by atoms with E-state index in [0.29, 0.717) is 24.7 Å². The van der Waals surface area contributed by atoms with E-state index in [2.05, 4.69) is 27.6 Å². The first-order chi connectivity index (χ1) is 12.1. The second kappa shape index (κ2) is 8.41. The van der Waals surface area contributed by atoms with E-state index in [1.54, 1.807) is 24.9 Å². The van der Waals surface area contributed by atoms with Gasteiger partial charge >= 0.3 is 0 Å². The summed E-state index contributed by atoms with van der Waals surface area (Å²) in [4.78, 5) is 8.03. The molecule has 6 heteroatoms. The molecule has 1 aromatic carbocycles. The Kier molecular flexibility index (Phi) is 6.23. The highest BCUT2D eigenvalue weighted by Crippen LogP contribution is 2.32. The highest BCUT2D eigenvalue weighted by atomic mass is 32.2. The van der Waals surface area contributed by atoms with Crippen LogP contribution in [-0.2, 0) is 6.54 Å². The molecule has 2 aliphatic rings. The summed E-state index contributed by atoms with van der Waals surface area (Å²) in [6, 6.07) is 6.80. The number of aliphatic imine (C=N–C) groups is 1. The van der Waals surface area contributed by atoms with Crippen LogP contribution in [0.3, 0.4) is 0 Å². The molecule has 138 valence electrons. The minimum Gasteiger partial charge on any atom is -0.354 e. The largest absolute Gasteiger partial charge is 0.354 e. The quantitative estimate of drug-likeness (QED) is 0.489. The van der Waals surface area contributed by atoms with Crippen molar-refractivity contribution < 1.29 is 4.39 Å². The van der Waals surface area contributed by atoms with Gasteiger partial charge in [-0.25, -0.2) is 4.39 Å². The zero-order valence-electron chi connectivity index (χ0n) is 15.4. The first-order valence-corrected chi connectivity index (χ1v) is 10.3. The molecule has 2 bridgehead atoms. The van der Waals surface area contributed by atoms with Gasteiger partial charge in [-0.2, -0.15) is 0 Å². The number of halogens is 1. The molecule has 0 aromatic heterocycles. The monoisotopic (exact) mass is 364 g/mol. The maximum Gasteiger partial charge on any atom is 0.191 e. The van der Waals surface area contributed by atoms with Crippen LogP contribution in [0.2, 0.25) is 0 Å². The number of hydrogen-bond donors (Lipinski definition) is 2. The fourth-order valence-corrected chi connectivity index (χ4v) is 4.78. The molecule has 0 saturated carbocycles. The van der Waals surface area contributed by atoms with Crippen molar-refractivity contribution in [2.24, 2.45) is 4.99 Å². The number of piperidine rings is 2. The van der Waals surface area contributed by atoms with Crippen molar-refractivity contribution in [1.82, 2.24) is 15.5 Å². The Morgan fingerprint density at radius 3 is 2.68 bits per heavy atom. The first kappa shape index (κ1) is 18.5. The summed E-state index contributed by atoms with van der Waals surface area (Å²) in [6.07, 6.45) is 8.32. The number of thioether (sulfide) groups is 1. The molecule has 0 radical (unpaired) electrons. The lowest BCUT2D eigenvalue weighted by atomic mass is 9.82. The molecule has 0 spiro atoms. The van der Waals surface area contributed by atoms with Crippen molar-refractivity contribution >= 4 is 17.7 Å². The zero-order chi connectivity index (χ0) is 17.8. The molecule has 25 heavy (non-hydrogen) atoms. The van der Waals surface area contributed by atoms with Crippen LogP contribution in [0.1, 0.15) is 37.7 Å². The maximum atomic E-state index is 13.5. The predicted octanol–water partition coefficient (Wildman–Crippen LogP) is 3.23. The summed E-state index contributed by atoms with van der Waals surface area (Å²) in [7, 11) is 4.07. The van der Waals surface area contributed by atoms with Gasteiger partial charge in [0.25, 0.3) is 0 Å². The number of benzene rings is 1. The third kappa shape index (κ3) is 4.47. The van der Waals surface area contributed by atoms with E-state index in [4.69, 9.17) is 0 Å². The number of hydrogen-bond acceptors (Lipinski definition) is 3. The molecule has 2 saturated heterocycles. The van der Waals surface area contributed by atoms with E-state index >= 15 is 0 Å². The Morgan fingerprint density at radius 2 is 2.04 bits per heavy atom. The zero-order valence-corrected chi connectivity index (χ0v) is 16.2. The fraction of sp³-hybridized carbons (Fsp3) is 0.632. The molecule has 2 unspecified atom stereocenters. The molecule has 0 aliphatic carbocycles. The minimum atomic E-state index is -0.194. The number of nitrogens with zero attached hydrogens (tertiary/aromatic N) is 2. The summed E-state index contributed by atoms with van der Waals surface area (Å²) in [5.41, 5.74) is 0.968. The summed E-state index contributed by atoms with van der Waals surface area (Å²) in [5, 5.41) is 6.95. The van der Waals surface area contributed by atoms with E-state index in [1.807, 2.05) is 12.3 Å². The average Bonchev–Trinajstić information content (AvgIpc) is 2.59. The Labute approximate surface area is 154 Å². The average molecular weight is 365 g/mol. The van der Waals surface area contributed by atoms with Crippen molar-refractivity contribution in [3.8, 4) is 0 Å². The maximum absolute atomic E-state index is 13.5. The Hall–Kier alpha value is -1.27. The van der Waals surface area contributed by atoms with Crippen LogP contribution in [0.4, 0.5) is 4.39 Å². The van der Waals surface area contributed by atoms with Crippen molar-refractivity contribution in [3.63, 3.8) is 0 Å². The number of guanidine groups is 1. The highest BCUT2D eigenvalue weighted by molar-refractivity contribution is 7.98. The van der Waals surface area contributed by atoms with Crippen LogP contribution in [0.15, 0.2) is 28.1 Å². The normalized spacial score (nSPS) is 27.2. The molecule has 0 amide bonds. The van der Waals surface area contributed by atoms with Gasteiger partial charge in [-0.3, -0.25) is 4.99 Å². The summed E-state index contributed by atoms with van der Waals surface area (Å²) in [5.74, 6) is 0.615. The van der Waals surface area contributed by atoms with Gasteiger partial charge in [-0.1, -0.05) is 6.42 Å². The highest BCUT2D eigenvalue weighted by Gasteiger charge is 2.36. The van der Waals surface area contributed by atoms with Crippen molar-refractivity contribution in [2.75, 3.05) is 20.4 Å². The van der Waals surface area contributed by atoms with E-state index in [0.717, 1.165) is 16.4 Å². The van der Waals surface area contributed by atoms with E-state index in [1.165, 1.54) is 38.2 Å². The van der Waals surface area contributed by atoms with E-state index in [9.17, 15) is 4.39 Å². The van der Waals surface area contributed by atoms with Gasteiger partial charge < -0.3 is 15.5 Å². The predicted molar refractivity (Wildman–Crippen MR) is 104 cm³/mol. The van der Waals surface area contributed by atoms with Crippen LogP contribution in [-0.4, -0.2) is 49.3 Å². The number of fused-ring (bicyclic) bond motifs is 2. The van der Waals surface area contributed by atoms with Gasteiger partial charge in [-0.15, -0.1) is 11.8 Å². The van der Waals surface area contributed by atoms with Crippen LogP contribution in [0.25, 0.3) is 0 Å². The lowest BCUT2D eigenvalue weighted by molar-refractivity contribution is 0.0526. The first-order valence-electron chi connectivity index (χ1n) is 9.12. The number of rotatable bonds is 4. The Balaban J connectivity index is 1.58. The molecular formula is C19H29FN4S. The Morgan fingerprint density at radius 1 is 1.32 bits per heavy atom. The second-order valence-corrected chi connectivity index (χ2v) is 7.95. The SMILES string of the molecule is CN=C(NCc1cc(F)ccc1SC)NC1CC2CCCC(C1)N2C. The smallest absolute Gasteiger partial charge is 0.191 e. The summed E-state index contributed by atoms with van der Waals surface area (Å²) < 4.78 is 13.5. The standard InChI is InChI=1S/C19H29FN4S/c1-21-19(22-12-13-9-14(20)7-8-18(13)25-3)23-15-10-16-5-4-6-17(11-15)24(16)2/h7-9,15-17H,4-6,10-12H2,1-3H3,(H2,21,22,23). The number of nitrogens with one attached hydrogen (secondary N) is 2. The molecule has 2 atom stereocenters. The van der Waals surface area contributed by atoms with Gasteiger partial charge in [-0.05, 0) is 62.7 Å². The molecular weight excluding hydrogens is 335 g/mol. The lowest BCUT2D eigenvalue weighted by Gasteiger charge is -2.47. The molecule has 2 heterocycles. The van der Waals surface area contributed by atoms with Gasteiger partial charge in [0, 0.05) is 36.6 Å². The lowest BCUT2D eigenvalue weighted by Crippen LogP contribution is -2.56.